The molecule has 1 fully saturated rings. The molecule has 100 valence electrons. The van der Waals surface area contributed by atoms with Crippen molar-refractivity contribution in [3.8, 4) is 11.4 Å². The maximum Gasteiger partial charge on any atom is 0.183 e. The molecule has 19 heavy (non-hydrogen) atoms. The Morgan fingerprint density at radius 1 is 1.37 bits per heavy atom. The molecule has 5 nitrogen and oxygen atoms in total. The highest BCUT2D eigenvalue weighted by atomic mass is 35.5. The minimum absolute atomic E-state index is 0.516. The lowest BCUT2D eigenvalue weighted by atomic mass is 9.83. The molecular weight excluding hydrogens is 262 g/mol. The summed E-state index contributed by atoms with van der Waals surface area (Å²) in [5, 5.41) is 12.4. The van der Waals surface area contributed by atoms with Gasteiger partial charge in [-0.15, -0.1) is 5.10 Å². The van der Waals surface area contributed by atoms with Crippen molar-refractivity contribution in [3.05, 3.63) is 23.2 Å². The van der Waals surface area contributed by atoms with Gasteiger partial charge in [0.05, 0.1) is 10.7 Å². The van der Waals surface area contributed by atoms with Crippen LogP contribution in [0.3, 0.4) is 0 Å². The van der Waals surface area contributed by atoms with Crippen LogP contribution >= 0.6 is 11.6 Å². The minimum atomic E-state index is 0.516. The Morgan fingerprint density at radius 3 is 2.95 bits per heavy atom. The molecule has 0 radical (unpaired) electrons. The number of hydrogen-bond acceptors (Lipinski definition) is 4. The summed E-state index contributed by atoms with van der Waals surface area (Å²) < 4.78 is 1.82. The molecule has 1 saturated carbocycles. The first-order valence-corrected chi connectivity index (χ1v) is 6.94. The fourth-order valence-electron chi connectivity index (χ4n) is 2.36. The molecule has 1 heterocycles. The number of tetrazole rings is 1. The molecule has 0 saturated heterocycles. The third-order valence-electron chi connectivity index (χ3n) is 3.78. The highest BCUT2D eigenvalue weighted by Crippen LogP contribution is 2.32. The Bertz CT molecular complexity index is 576. The topological polar surface area (TPSA) is 69.6 Å². The quantitative estimate of drug-likeness (QED) is 0.873. The first kappa shape index (κ1) is 12.4. The van der Waals surface area contributed by atoms with Gasteiger partial charge in [-0.05, 0) is 34.9 Å². The fourth-order valence-corrected chi connectivity index (χ4v) is 2.57. The van der Waals surface area contributed by atoms with Gasteiger partial charge in [-0.2, -0.15) is 0 Å². The Labute approximate surface area is 116 Å². The normalized spacial score (nSPS) is 15.4. The van der Waals surface area contributed by atoms with E-state index >= 15 is 0 Å². The maximum atomic E-state index is 6.22. The number of nitrogen functional groups attached to an aromatic ring is 1. The predicted octanol–water partition coefficient (Wildman–Crippen LogP) is 2.77. The van der Waals surface area contributed by atoms with Crippen molar-refractivity contribution < 1.29 is 0 Å². The monoisotopic (exact) mass is 277 g/mol. The SMILES string of the molecule is Nc1cccc(-c2nnnn2CCC2CCC2)c1Cl. The van der Waals surface area contributed by atoms with Gasteiger partial charge in [-0.25, -0.2) is 4.68 Å². The van der Waals surface area contributed by atoms with Gasteiger partial charge in [0.15, 0.2) is 5.82 Å². The molecule has 1 aliphatic carbocycles. The first-order chi connectivity index (χ1) is 9.25. The molecule has 2 N–H and O–H groups in total. The summed E-state index contributed by atoms with van der Waals surface area (Å²) in [6.07, 6.45) is 5.14. The average Bonchev–Trinajstić information content (AvgIpc) is 2.79. The molecule has 0 atom stereocenters. The number of nitrogens with two attached hydrogens (primary N) is 1. The van der Waals surface area contributed by atoms with Crippen LogP contribution in [0.5, 0.6) is 0 Å². The highest BCUT2D eigenvalue weighted by molar-refractivity contribution is 6.35. The second-order valence-corrected chi connectivity index (χ2v) is 5.40. The van der Waals surface area contributed by atoms with E-state index in [9.17, 15) is 0 Å². The predicted molar refractivity (Wildman–Crippen MR) is 74.6 cm³/mol. The Morgan fingerprint density at radius 2 is 2.21 bits per heavy atom. The van der Waals surface area contributed by atoms with Crippen LogP contribution in [0.1, 0.15) is 25.7 Å². The van der Waals surface area contributed by atoms with Crippen LogP contribution in [0, 0.1) is 5.92 Å². The van der Waals surface area contributed by atoms with Crippen molar-refractivity contribution in [2.75, 3.05) is 5.73 Å². The molecule has 0 bridgehead atoms. The van der Waals surface area contributed by atoms with Crippen molar-refractivity contribution >= 4 is 17.3 Å². The zero-order valence-electron chi connectivity index (χ0n) is 10.6. The van der Waals surface area contributed by atoms with Gasteiger partial charge in [-0.1, -0.05) is 36.9 Å². The number of nitrogens with zero attached hydrogens (tertiary/aromatic N) is 4. The molecular formula is C13H16ClN5. The van der Waals surface area contributed by atoms with E-state index in [0.29, 0.717) is 16.5 Å². The van der Waals surface area contributed by atoms with Crippen LogP contribution in [0.4, 0.5) is 5.69 Å². The van der Waals surface area contributed by atoms with Gasteiger partial charge in [0.25, 0.3) is 0 Å². The Hall–Kier alpha value is -1.62. The average molecular weight is 278 g/mol. The highest BCUT2D eigenvalue weighted by Gasteiger charge is 2.19. The molecule has 0 unspecified atom stereocenters. The zero-order chi connectivity index (χ0) is 13.2. The first-order valence-electron chi connectivity index (χ1n) is 6.56. The zero-order valence-corrected chi connectivity index (χ0v) is 11.3. The smallest absolute Gasteiger partial charge is 0.183 e. The second-order valence-electron chi connectivity index (χ2n) is 5.02. The van der Waals surface area contributed by atoms with E-state index in [1.54, 1.807) is 6.07 Å². The van der Waals surface area contributed by atoms with Crippen molar-refractivity contribution in [2.24, 2.45) is 5.92 Å². The van der Waals surface area contributed by atoms with Gasteiger partial charge < -0.3 is 5.73 Å². The van der Waals surface area contributed by atoms with E-state index in [1.807, 2.05) is 16.8 Å². The Kier molecular flexibility index (Phi) is 3.38. The third kappa shape index (κ3) is 2.42. The lowest BCUT2D eigenvalue weighted by molar-refractivity contribution is 0.277. The van der Waals surface area contributed by atoms with Gasteiger partial charge in [0, 0.05) is 12.1 Å². The summed E-state index contributed by atoms with van der Waals surface area (Å²) in [5.41, 5.74) is 7.16. The Balaban J connectivity index is 1.84. The molecule has 3 rings (SSSR count). The molecule has 0 aliphatic heterocycles. The fraction of sp³-hybridized carbons (Fsp3) is 0.462. The van der Waals surface area contributed by atoms with E-state index in [0.717, 1.165) is 24.4 Å². The molecule has 0 spiro atoms. The lowest BCUT2D eigenvalue weighted by Crippen LogP contribution is -2.15. The van der Waals surface area contributed by atoms with Gasteiger partial charge in [-0.3, -0.25) is 0 Å². The maximum absolute atomic E-state index is 6.22. The lowest BCUT2D eigenvalue weighted by Gasteiger charge is -2.25. The van der Waals surface area contributed by atoms with Gasteiger partial charge in [0.1, 0.15) is 0 Å². The number of rotatable bonds is 4. The van der Waals surface area contributed by atoms with Gasteiger partial charge >= 0.3 is 0 Å². The van der Waals surface area contributed by atoms with Crippen molar-refractivity contribution in [3.63, 3.8) is 0 Å². The minimum Gasteiger partial charge on any atom is -0.398 e. The van der Waals surface area contributed by atoms with E-state index in [4.69, 9.17) is 17.3 Å². The van der Waals surface area contributed by atoms with Crippen LogP contribution in [0.2, 0.25) is 5.02 Å². The van der Waals surface area contributed by atoms with Crippen LogP contribution in [0.15, 0.2) is 18.2 Å². The van der Waals surface area contributed by atoms with E-state index in [1.165, 1.54) is 19.3 Å². The largest absolute Gasteiger partial charge is 0.398 e. The van der Waals surface area contributed by atoms with E-state index in [-0.39, 0.29) is 0 Å². The second kappa shape index (κ2) is 5.17. The number of benzene rings is 1. The summed E-state index contributed by atoms with van der Waals surface area (Å²) in [6.45, 7) is 0.831. The summed E-state index contributed by atoms with van der Waals surface area (Å²) in [6, 6.07) is 5.53. The number of hydrogen-bond donors (Lipinski definition) is 1. The summed E-state index contributed by atoms with van der Waals surface area (Å²) in [4.78, 5) is 0. The number of aryl methyl sites for hydroxylation is 1. The molecule has 0 amide bonds. The standard InChI is InChI=1S/C13H16ClN5/c14-12-10(5-2-6-11(12)15)13-16-17-18-19(13)8-7-9-3-1-4-9/h2,5-6,9H,1,3-4,7-8,15H2. The summed E-state index contributed by atoms with van der Waals surface area (Å²) >= 11 is 6.22. The van der Waals surface area contributed by atoms with E-state index in [2.05, 4.69) is 15.5 Å². The van der Waals surface area contributed by atoms with Crippen LogP contribution in [-0.2, 0) is 6.54 Å². The van der Waals surface area contributed by atoms with Crippen LogP contribution < -0.4 is 5.73 Å². The van der Waals surface area contributed by atoms with Crippen molar-refractivity contribution in [1.29, 1.82) is 0 Å². The molecule has 1 aromatic heterocycles. The van der Waals surface area contributed by atoms with Crippen LogP contribution in [-0.4, -0.2) is 20.2 Å². The number of aromatic nitrogens is 4. The molecule has 1 aliphatic rings. The molecule has 6 heteroatoms. The third-order valence-corrected chi connectivity index (χ3v) is 4.20. The summed E-state index contributed by atoms with van der Waals surface area (Å²) in [5.74, 6) is 1.52. The van der Waals surface area contributed by atoms with Gasteiger partial charge in [0.2, 0.25) is 0 Å². The van der Waals surface area contributed by atoms with Crippen molar-refractivity contribution in [1.82, 2.24) is 20.2 Å². The van der Waals surface area contributed by atoms with E-state index < -0.39 is 0 Å². The van der Waals surface area contributed by atoms with Crippen LogP contribution in [0.25, 0.3) is 11.4 Å². The molecule has 1 aromatic carbocycles. The number of halogens is 1. The van der Waals surface area contributed by atoms with Crippen molar-refractivity contribution in [2.45, 2.75) is 32.2 Å². The summed E-state index contributed by atoms with van der Waals surface area (Å²) in [7, 11) is 0. The molecule has 2 aromatic rings. The number of anilines is 1.